The molecule has 1 aliphatic heterocycles. The maximum absolute atomic E-state index is 12.9. The molecular weight excluding hydrogens is 377 g/mol. The second-order valence-corrected chi connectivity index (χ2v) is 6.39. The summed E-state index contributed by atoms with van der Waals surface area (Å²) in [7, 11) is 3.05. The zero-order chi connectivity index (χ0) is 20.5. The number of carbonyl (C=O) groups is 1. The lowest BCUT2D eigenvalue weighted by Crippen LogP contribution is -2.40. The van der Waals surface area contributed by atoms with Gasteiger partial charge in [-0.1, -0.05) is 0 Å². The van der Waals surface area contributed by atoms with Crippen molar-refractivity contribution in [1.29, 1.82) is 0 Å². The van der Waals surface area contributed by atoms with Crippen LogP contribution in [0.5, 0.6) is 11.5 Å². The summed E-state index contributed by atoms with van der Waals surface area (Å²) < 4.78 is 50.0. The third-order valence-corrected chi connectivity index (χ3v) is 4.70. The molecule has 1 aromatic heterocycles. The summed E-state index contributed by atoms with van der Waals surface area (Å²) in [5.41, 5.74) is -0.637. The minimum Gasteiger partial charge on any atom is -0.493 e. The molecule has 0 atom stereocenters. The van der Waals surface area contributed by atoms with Gasteiger partial charge in [0.25, 0.3) is 5.56 Å². The van der Waals surface area contributed by atoms with Crippen LogP contribution in [-0.4, -0.2) is 36.1 Å². The fraction of sp³-hybridized carbons (Fsp3) is 0.368. The first-order valence-electron chi connectivity index (χ1n) is 8.52. The zero-order valence-electron chi connectivity index (χ0n) is 15.4. The number of ether oxygens (including phenoxy) is 2. The summed E-state index contributed by atoms with van der Waals surface area (Å²) in [6.07, 6.45) is -3.01. The Hall–Kier alpha value is -2.97. The topological polar surface area (TPSA) is 60.8 Å². The number of pyridine rings is 1. The standard InChI is InChI=1S/C19H19F3N2O4/c1-27-15-8-12-5-7-23(10-13(12)9-16(15)28-2)17(25)11-24-6-3-4-14(18(24)26)19(20,21)22/h3-4,6,8-9H,5,7,10-11H2,1-2H3. The van der Waals surface area contributed by atoms with E-state index in [4.69, 9.17) is 9.47 Å². The van der Waals surface area contributed by atoms with Crippen LogP contribution in [0.2, 0.25) is 0 Å². The van der Waals surface area contributed by atoms with Crippen molar-refractivity contribution in [2.75, 3.05) is 20.8 Å². The Kier molecular flexibility index (Phi) is 5.35. The van der Waals surface area contributed by atoms with Gasteiger partial charge in [-0.15, -0.1) is 0 Å². The van der Waals surface area contributed by atoms with E-state index in [2.05, 4.69) is 0 Å². The molecule has 2 heterocycles. The molecule has 1 aromatic carbocycles. The normalized spacial score (nSPS) is 13.8. The number of rotatable bonds is 4. The molecule has 0 radical (unpaired) electrons. The number of methoxy groups -OCH3 is 2. The van der Waals surface area contributed by atoms with Crippen molar-refractivity contribution in [3.63, 3.8) is 0 Å². The van der Waals surface area contributed by atoms with E-state index < -0.39 is 29.8 Å². The van der Waals surface area contributed by atoms with Crippen LogP contribution in [0.25, 0.3) is 0 Å². The number of benzene rings is 1. The van der Waals surface area contributed by atoms with Crippen LogP contribution in [-0.2, 0) is 30.5 Å². The van der Waals surface area contributed by atoms with Gasteiger partial charge in [-0.3, -0.25) is 9.59 Å². The number of nitrogens with zero attached hydrogens (tertiary/aromatic N) is 2. The highest BCUT2D eigenvalue weighted by Gasteiger charge is 2.34. The first-order chi connectivity index (χ1) is 13.2. The maximum Gasteiger partial charge on any atom is 0.421 e. The van der Waals surface area contributed by atoms with Gasteiger partial charge in [-0.2, -0.15) is 13.2 Å². The van der Waals surface area contributed by atoms with Crippen molar-refractivity contribution >= 4 is 5.91 Å². The van der Waals surface area contributed by atoms with Crippen molar-refractivity contribution in [3.05, 3.63) is 57.5 Å². The van der Waals surface area contributed by atoms with Gasteiger partial charge in [0.1, 0.15) is 12.1 Å². The van der Waals surface area contributed by atoms with Gasteiger partial charge in [0, 0.05) is 19.3 Å². The Morgan fingerprint density at radius 3 is 2.39 bits per heavy atom. The first kappa shape index (κ1) is 19.8. The number of fused-ring (bicyclic) bond motifs is 1. The van der Waals surface area contributed by atoms with Gasteiger partial charge in [0.15, 0.2) is 11.5 Å². The third kappa shape index (κ3) is 3.83. The highest BCUT2D eigenvalue weighted by Crippen LogP contribution is 2.33. The van der Waals surface area contributed by atoms with Gasteiger partial charge in [0.05, 0.1) is 14.2 Å². The van der Waals surface area contributed by atoms with Gasteiger partial charge in [-0.05, 0) is 41.8 Å². The van der Waals surface area contributed by atoms with Crippen LogP contribution in [0.4, 0.5) is 13.2 Å². The zero-order valence-corrected chi connectivity index (χ0v) is 15.4. The monoisotopic (exact) mass is 396 g/mol. The summed E-state index contributed by atoms with van der Waals surface area (Å²) in [4.78, 5) is 26.1. The van der Waals surface area contributed by atoms with Crippen LogP contribution in [0.15, 0.2) is 35.3 Å². The summed E-state index contributed by atoms with van der Waals surface area (Å²) in [6.45, 7) is 0.225. The summed E-state index contributed by atoms with van der Waals surface area (Å²) in [6, 6.07) is 5.46. The second kappa shape index (κ2) is 7.57. The Balaban J connectivity index is 1.80. The maximum atomic E-state index is 12.9. The van der Waals surface area contributed by atoms with Crippen LogP contribution >= 0.6 is 0 Å². The van der Waals surface area contributed by atoms with Gasteiger partial charge < -0.3 is 18.9 Å². The number of alkyl halides is 3. The molecule has 1 aliphatic rings. The predicted octanol–water partition coefficient (Wildman–Crippen LogP) is 2.47. The molecule has 0 spiro atoms. The minimum atomic E-state index is -4.76. The van der Waals surface area contributed by atoms with Crippen LogP contribution in [0, 0.1) is 0 Å². The molecule has 0 saturated carbocycles. The summed E-state index contributed by atoms with van der Waals surface area (Å²) >= 11 is 0. The van der Waals surface area contributed by atoms with E-state index in [9.17, 15) is 22.8 Å². The molecule has 0 aliphatic carbocycles. The van der Waals surface area contributed by atoms with Crippen molar-refractivity contribution in [2.45, 2.75) is 25.7 Å². The fourth-order valence-corrected chi connectivity index (χ4v) is 3.22. The van der Waals surface area contributed by atoms with Crippen LogP contribution in [0.3, 0.4) is 0 Å². The molecule has 150 valence electrons. The van der Waals surface area contributed by atoms with E-state index in [1.807, 2.05) is 6.07 Å². The van der Waals surface area contributed by atoms with E-state index in [1.54, 1.807) is 6.07 Å². The first-order valence-corrected chi connectivity index (χ1v) is 8.52. The molecule has 0 unspecified atom stereocenters. The number of amides is 1. The van der Waals surface area contributed by atoms with E-state index in [-0.39, 0.29) is 6.54 Å². The molecule has 0 N–H and O–H groups in total. The second-order valence-electron chi connectivity index (χ2n) is 6.39. The van der Waals surface area contributed by atoms with E-state index in [0.29, 0.717) is 30.5 Å². The molecule has 1 amide bonds. The predicted molar refractivity (Wildman–Crippen MR) is 94.4 cm³/mol. The summed E-state index contributed by atoms with van der Waals surface area (Å²) in [5.74, 6) is 0.697. The minimum absolute atomic E-state index is 0.280. The Labute approximate surface area is 159 Å². The number of hydrogen-bond acceptors (Lipinski definition) is 4. The lowest BCUT2D eigenvalue weighted by Gasteiger charge is -2.30. The summed E-state index contributed by atoms with van der Waals surface area (Å²) in [5, 5.41) is 0. The molecule has 3 rings (SSSR count). The Bertz CT molecular complexity index is 953. The lowest BCUT2D eigenvalue weighted by atomic mass is 9.98. The van der Waals surface area contributed by atoms with E-state index in [0.717, 1.165) is 21.8 Å². The quantitative estimate of drug-likeness (QED) is 0.797. The molecule has 6 nitrogen and oxygen atoms in total. The van der Waals surface area contributed by atoms with Crippen LogP contribution in [0.1, 0.15) is 16.7 Å². The molecule has 2 aromatic rings. The van der Waals surface area contributed by atoms with Gasteiger partial charge in [-0.25, -0.2) is 0 Å². The largest absolute Gasteiger partial charge is 0.493 e. The number of carbonyl (C=O) groups excluding carboxylic acids is 1. The van der Waals surface area contributed by atoms with E-state index in [1.165, 1.54) is 25.3 Å². The molecule has 0 saturated heterocycles. The highest BCUT2D eigenvalue weighted by atomic mass is 19.4. The smallest absolute Gasteiger partial charge is 0.421 e. The number of aromatic nitrogens is 1. The van der Waals surface area contributed by atoms with Gasteiger partial charge >= 0.3 is 6.18 Å². The lowest BCUT2D eigenvalue weighted by molar-refractivity contribution is -0.139. The van der Waals surface area contributed by atoms with Crippen molar-refractivity contribution in [2.24, 2.45) is 0 Å². The van der Waals surface area contributed by atoms with Crippen molar-refractivity contribution < 1.29 is 27.4 Å². The van der Waals surface area contributed by atoms with Crippen molar-refractivity contribution in [3.8, 4) is 11.5 Å². The number of hydrogen-bond donors (Lipinski definition) is 0. The molecule has 0 bridgehead atoms. The van der Waals surface area contributed by atoms with Crippen molar-refractivity contribution in [1.82, 2.24) is 9.47 Å². The number of halogens is 3. The SMILES string of the molecule is COc1cc2c(cc1OC)CN(C(=O)Cn1cccc(C(F)(F)F)c1=O)CC2. The molecule has 0 fully saturated rings. The molecule has 28 heavy (non-hydrogen) atoms. The fourth-order valence-electron chi connectivity index (χ4n) is 3.22. The highest BCUT2D eigenvalue weighted by molar-refractivity contribution is 5.76. The molecule has 9 heteroatoms. The van der Waals surface area contributed by atoms with E-state index >= 15 is 0 Å². The van der Waals surface area contributed by atoms with Crippen LogP contribution < -0.4 is 15.0 Å². The Morgan fingerprint density at radius 2 is 1.79 bits per heavy atom. The Morgan fingerprint density at radius 1 is 1.14 bits per heavy atom. The van der Waals surface area contributed by atoms with Gasteiger partial charge in [0.2, 0.25) is 5.91 Å². The average molecular weight is 396 g/mol. The average Bonchev–Trinajstić information content (AvgIpc) is 2.66. The third-order valence-electron chi connectivity index (χ3n) is 4.70. The molecular formula is C19H19F3N2O4.